The molecule has 3 unspecified atom stereocenters. The van der Waals surface area contributed by atoms with Gasteiger partial charge in [-0.2, -0.15) is 5.26 Å². The Kier molecular flexibility index (Phi) is 6.29. The molecule has 3 heteroatoms. The third-order valence-electron chi connectivity index (χ3n) is 5.21. The maximum atomic E-state index is 9.37. The van der Waals surface area contributed by atoms with Crippen molar-refractivity contribution in [3.63, 3.8) is 0 Å². The summed E-state index contributed by atoms with van der Waals surface area (Å²) in [6.45, 7) is 8.68. The molecule has 0 heterocycles. The molecule has 1 aliphatic rings. The molecule has 0 aromatic carbocycles. The van der Waals surface area contributed by atoms with E-state index in [0.717, 1.165) is 31.9 Å². The molecule has 0 aliphatic heterocycles. The van der Waals surface area contributed by atoms with Crippen LogP contribution >= 0.6 is 0 Å². The highest BCUT2D eigenvalue weighted by atomic mass is 16.5. The first-order chi connectivity index (χ1) is 8.96. The minimum Gasteiger partial charge on any atom is -0.383 e. The zero-order valence-corrected chi connectivity index (χ0v) is 13.3. The van der Waals surface area contributed by atoms with Crippen LogP contribution in [0, 0.1) is 28.6 Å². The van der Waals surface area contributed by atoms with Crippen molar-refractivity contribution in [1.82, 2.24) is 4.90 Å². The van der Waals surface area contributed by atoms with Gasteiger partial charge in [0.1, 0.15) is 0 Å². The van der Waals surface area contributed by atoms with Gasteiger partial charge in [0.05, 0.1) is 18.6 Å². The summed E-state index contributed by atoms with van der Waals surface area (Å²) < 4.78 is 5.16. The van der Waals surface area contributed by atoms with E-state index >= 15 is 0 Å². The smallest absolute Gasteiger partial charge is 0.0672 e. The van der Waals surface area contributed by atoms with E-state index in [0.29, 0.717) is 11.5 Å². The Hall–Kier alpha value is -0.590. The fourth-order valence-electron chi connectivity index (χ4n) is 3.18. The lowest BCUT2D eigenvalue weighted by atomic mass is 9.66. The van der Waals surface area contributed by atoms with Gasteiger partial charge in [0.25, 0.3) is 0 Å². The highest BCUT2D eigenvalue weighted by Crippen LogP contribution is 2.43. The summed E-state index contributed by atoms with van der Waals surface area (Å²) in [6.07, 6.45) is 4.61. The van der Waals surface area contributed by atoms with Crippen LogP contribution in [0.4, 0.5) is 0 Å². The molecule has 19 heavy (non-hydrogen) atoms. The summed E-state index contributed by atoms with van der Waals surface area (Å²) in [5.74, 6) is 0.919. The SMILES string of the molecule is CCC(C)(C)C1CCC(C#N)C(N(C)CCOC)C1. The zero-order chi connectivity index (χ0) is 14.5. The van der Waals surface area contributed by atoms with E-state index in [9.17, 15) is 5.26 Å². The summed E-state index contributed by atoms with van der Waals surface area (Å²) in [4.78, 5) is 2.33. The lowest BCUT2D eigenvalue weighted by Gasteiger charge is -2.44. The second kappa shape index (κ2) is 7.26. The van der Waals surface area contributed by atoms with Gasteiger partial charge in [-0.1, -0.05) is 27.2 Å². The molecular weight excluding hydrogens is 236 g/mol. The Morgan fingerprint density at radius 1 is 1.37 bits per heavy atom. The van der Waals surface area contributed by atoms with Gasteiger partial charge >= 0.3 is 0 Å². The Morgan fingerprint density at radius 3 is 2.58 bits per heavy atom. The van der Waals surface area contributed by atoms with E-state index < -0.39 is 0 Å². The van der Waals surface area contributed by atoms with E-state index in [1.807, 2.05) is 0 Å². The molecule has 0 N–H and O–H groups in total. The minimum absolute atomic E-state index is 0.186. The van der Waals surface area contributed by atoms with Crippen LogP contribution in [0.5, 0.6) is 0 Å². The molecule has 1 aliphatic carbocycles. The van der Waals surface area contributed by atoms with Crippen LogP contribution in [0.15, 0.2) is 0 Å². The number of ether oxygens (including phenoxy) is 1. The highest BCUT2D eigenvalue weighted by Gasteiger charge is 2.38. The number of methoxy groups -OCH3 is 1. The molecule has 0 amide bonds. The number of hydrogen-bond acceptors (Lipinski definition) is 3. The molecule has 3 nitrogen and oxygen atoms in total. The van der Waals surface area contributed by atoms with Gasteiger partial charge < -0.3 is 4.74 Å². The van der Waals surface area contributed by atoms with Crippen LogP contribution in [0.25, 0.3) is 0 Å². The second-order valence-corrected chi connectivity index (χ2v) is 6.63. The van der Waals surface area contributed by atoms with Crippen molar-refractivity contribution >= 4 is 0 Å². The topological polar surface area (TPSA) is 36.3 Å². The van der Waals surface area contributed by atoms with E-state index in [-0.39, 0.29) is 5.92 Å². The molecule has 1 fully saturated rings. The first-order valence-electron chi connectivity index (χ1n) is 7.55. The lowest BCUT2D eigenvalue weighted by molar-refractivity contribution is 0.0511. The fraction of sp³-hybridized carbons (Fsp3) is 0.938. The van der Waals surface area contributed by atoms with Gasteiger partial charge in [-0.05, 0) is 37.6 Å². The average Bonchev–Trinajstić information content (AvgIpc) is 2.43. The van der Waals surface area contributed by atoms with Crippen LogP contribution < -0.4 is 0 Å². The monoisotopic (exact) mass is 266 g/mol. The largest absolute Gasteiger partial charge is 0.383 e. The maximum Gasteiger partial charge on any atom is 0.0672 e. The van der Waals surface area contributed by atoms with Crippen molar-refractivity contribution in [1.29, 1.82) is 5.26 Å². The predicted octanol–water partition coefficient (Wildman–Crippen LogP) is 3.31. The Labute approximate surface area is 118 Å². The molecular formula is C16H30N2O. The van der Waals surface area contributed by atoms with E-state index in [4.69, 9.17) is 4.74 Å². The summed E-state index contributed by atoms with van der Waals surface area (Å²) >= 11 is 0. The van der Waals surface area contributed by atoms with Gasteiger partial charge in [-0.3, -0.25) is 4.90 Å². The van der Waals surface area contributed by atoms with Gasteiger partial charge in [0, 0.05) is 19.7 Å². The van der Waals surface area contributed by atoms with Crippen molar-refractivity contribution in [2.75, 3.05) is 27.3 Å². The molecule has 1 saturated carbocycles. The number of nitrogens with zero attached hydrogens (tertiary/aromatic N) is 2. The molecule has 110 valence electrons. The molecule has 0 bridgehead atoms. The van der Waals surface area contributed by atoms with Crippen molar-refractivity contribution in [2.24, 2.45) is 17.3 Å². The van der Waals surface area contributed by atoms with Gasteiger partial charge in [0.15, 0.2) is 0 Å². The predicted molar refractivity (Wildman–Crippen MR) is 78.8 cm³/mol. The van der Waals surface area contributed by atoms with Crippen molar-refractivity contribution in [3.05, 3.63) is 0 Å². The molecule has 3 atom stereocenters. The van der Waals surface area contributed by atoms with Crippen LogP contribution in [-0.4, -0.2) is 38.3 Å². The van der Waals surface area contributed by atoms with Crippen LogP contribution in [0.2, 0.25) is 0 Å². The van der Waals surface area contributed by atoms with Gasteiger partial charge in [-0.15, -0.1) is 0 Å². The fourth-order valence-corrected chi connectivity index (χ4v) is 3.18. The van der Waals surface area contributed by atoms with Crippen molar-refractivity contribution < 1.29 is 4.74 Å². The summed E-state index contributed by atoms with van der Waals surface area (Å²) in [7, 11) is 3.87. The van der Waals surface area contributed by atoms with Crippen LogP contribution in [-0.2, 0) is 4.74 Å². The molecule has 0 aromatic rings. The molecule has 0 aromatic heterocycles. The maximum absolute atomic E-state index is 9.37. The number of hydrogen-bond donors (Lipinski definition) is 0. The molecule has 0 spiro atoms. The lowest BCUT2D eigenvalue weighted by Crippen LogP contribution is -2.45. The van der Waals surface area contributed by atoms with Gasteiger partial charge in [-0.25, -0.2) is 0 Å². The summed E-state index contributed by atoms with van der Waals surface area (Å²) in [6, 6.07) is 2.91. The number of nitriles is 1. The summed E-state index contributed by atoms with van der Waals surface area (Å²) in [5.41, 5.74) is 0.390. The quantitative estimate of drug-likeness (QED) is 0.740. The number of likely N-dealkylation sites (N-methyl/N-ethyl adjacent to an activating group) is 1. The molecule has 0 saturated heterocycles. The average molecular weight is 266 g/mol. The first-order valence-corrected chi connectivity index (χ1v) is 7.55. The van der Waals surface area contributed by atoms with Gasteiger partial charge in [0.2, 0.25) is 0 Å². The summed E-state index contributed by atoms with van der Waals surface area (Å²) in [5, 5.41) is 9.37. The normalized spacial score (nSPS) is 28.4. The molecule has 0 radical (unpaired) electrons. The van der Waals surface area contributed by atoms with Crippen LogP contribution in [0.3, 0.4) is 0 Å². The van der Waals surface area contributed by atoms with Crippen LogP contribution in [0.1, 0.15) is 46.5 Å². The van der Waals surface area contributed by atoms with Crippen molar-refractivity contribution in [3.8, 4) is 6.07 Å². The van der Waals surface area contributed by atoms with Crippen molar-refractivity contribution in [2.45, 2.75) is 52.5 Å². The van der Waals surface area contributed by atoms with E-state index in [1.54, 1.807) is 7.11 Å². The Balaban J connectivity index is 2.71. The third kappa shape index (κ3) is 4.19. The standard InChI is InChI=1S/C16H30N2O/c1-6-16(2,3)14-8-7-13(12-17)15(11-14)18(4)9-10-19-5/h13-15H,6-11H2,1-5H3. The number of rotatable bonds is 6. The Morgan fingerprint density at radius 2 is 2.05 bits per heavy atom. The second-order valence-electron chi connectivity index (χ2n) is 6.63. The highest BCUT2D eigenvalue weighted by molar-refractivity contribution is 4.99. The van der Waals surface area contributed by atoms with E-state index in [2.05, 4.69) is 38.8 Å². The van der Waals surface area contributed by atoms with E-state index in [1.165, 1.54) is 12.8 Å². The Bertz CT molecular complexity index is 308. The zero-order valence-electron chi connectivity index (χ0n) is 13.3. The molecule has 1 rings (SSSR count). The minimum atomic E-state index is 0.186. The first kappa shape index (κ1) is 16.5. The third-order valence-corrected chi connectivity index (χ3v) is 5.21.